The predicted octanol–water partition coefficient (Wildman–Crippen LogP) is 2.94. The van der Waals surface area contributed by atoms with Crippen LogP contribution in [0.3, 0.4) is 0 Å². The standard InChI is InChI=1S/C14H12N2OS/c1-16(10-13(17)14-3-2-8-18-14)12-6-4-11(9-15)5-7-12/h2-8H,10H2,1H3. The van der Waals surface area contributed by atoms with Gasteiger partial charge in [-0.05, 0) is 35.7 Å². The van der Waals surface area contributed by atoms with Crippen molar-refractivity contribution in [2.45, 2.75) is 0 Å². The molecule has 0 aliphatic carbocycles. The van der Waals surface area contributed by atoms with Crippen LogP contribution in [-0.2, 0) is 0 Å². The van der Waals surface area contributed by atoms with Crippen LogP contribution >= 0.6 is 11.3 Å². The lowest BCUT2D eigenvalue weighted by Crippen LogP contribution is -2.25. The molecule has 18 heavy (non-hydrogen) atoms. The Hall–Kier alpha value is -2.12. The second-order valence-corrected chi connectivity index (χ2v) is 4.86. The number of carbonyl (C=O) groups is 1. The molecule has 1 heterocycles. The lowest BCUT2D eigenvalue weighted by Gasteiger charge is -2.17. The van der Waals surface area contributed by atoms with Crippen LogP contribution in [0.5, 0.6) is 0 Å². The van der Waals surface area contributed by atoms with E-state index in [0.717, 1.165) is 10.6 Å². The number of rotatable bonds is 4. The summed E-state index contributed by atoms with van der Waals surface area (Å²) in [6.45, 7) is 0.340. The minimum absolute atomic E-state index is 0.108. The van der Waals surface area contributed by atoms with Crippen LogP contribution in [-0.4, -0.2) is 19.4 Å². The second kappa shape index (κ2) is 5.48. The Bertz CT molecular complexity index is 567. The van der Waals surface area contributed by atoms with Crippen molar-refractivity contribution in [3.8, 4) is 6.07 Å². The molecule has 1 aromatic carbocycles. The Morgan fingerprint density at radius 3 is 2.61 bits per heavy atom. The molecule has 0 amide bonds. The second-order valence-electron chi connectivity index (χ2n) is 3.92. The van der Waals surface area contributed by atoms with Crippen LogP contribution in [0.25, 0.3) is 0 Å². The van der Waals surface area contributed by atoms with Crippen LogP contribution in [0, 0.1) is 11.3 Å². The van der Waals surface area contributed by atoms with E-state index in [0.29, 0.717) is 12.1 Å². The molecule has 3 nitrogen and oxygen atoms in total. The highest BCUT2D eigenvalue weighted by Gasteiger charge is 2.10. The molecule has 0 radical (unpaired) electrons. The normalized spacial score (nSPS) is 9.78. The third-order valence-corrected chi connectivity index (χ3v) is 3.52. The fourth-order valence-corrected chi connectivity index (χ4v) is 2.27. The van der Waals surface area contributed by atoms with Crippen molar-refractivity contribution in [2.24, 2.45) is 0 Å². The van der Waals surface area contributed by atoms with Gasteiger partial charge >= 0.3 is 0 Å². The van der Waals surface area contributed by atoms with Crippen molar-refractivity contribution >= 4 is 22.8 Å². The molecule has 90 valence electrons. The summed E-state index contributed by atoms with van der Waals surface area (Å²) in [6.07, 6.45) is 0. The summed E-state index contributed by atoms with van der Waals surface area (Å²) in [5, 5.41) is 10.6. The molecule has 2 rings (SSSR count). The molecule has 0 aliphatic rings. The van der Waals surface area contributed by atoms with E-state index in [1.54, 1.807) is 12.1 Å². The number of benzene rings is 1. The molecule has 1 aromatic heterocycles. The van der Waals surface area contributed by atoms with Crippen molar-refractivity contribution in [1.82, 2.24) is 0 Å². The Morgan fingerprint density at radius 2 is 2.06 bits per heavy atom. The minimum atomic E-state index is 0.108. The summed E-state index contributed by atoms with van der Waals surface area (Å²) in [7, 11) is 1.87. The van der Waals surface area contributed by atoms with Gasteiger partial charge < -0.3 is 4.90 Å². The molecular formula is C14H12N2OS. The van der Waals surface area contributed by atoms with Crippen molar-refractivity contribution < 1.29 is 4.79 Å². The van der Waals surface area contributed by atoms with E-state index < -0.39 is 0 Å². The molecule has 0 saturated carbocycles. The van der Waals surface area contributed by atoms with Gasteiger partial charge in [-0.15, -0.1) is 11.3 Å². The quantitative estimate of drug-likeness (QED) is 0.790. The van der Waals surface area contributed by atoms with E-state index in [1.165, 1.54) is 11.3 Å². The highest BCUT2D eigenvalue weighted by Crippen LogP contribution is 2.15. The van der Waals surface area contributed by atoms with Gasteiger partial charge in [-0.2, -0.15) is 5.26 Å². The third-order valence-electron chi connectivity index (χ3n) is 2.61. The molecule has 0 unspecified atom stereocenters. The van der Waals surface area contributed by atoms with E-state index in [4.69, 9.17) is 5.26 Å². The summed E-state index contributed by atoms with van der Waals surface area (Å²) in [4.78, 5) is 14.6. The molecule has 0 aliphatic heterocycles. The summed E-state index contributed by atoms with van der Waals surface area (Å²) in [6, 6.07) is 13.0. The minimum Gasteiger partial charge on any atom is -0.367 e. The number of carbonyl (C=O) groups excluding carboxylic acids is 1. The average molecular weight is 256 g/mol. The number of thiophene rings is 1. The van der Waals surface area contributed by atoms with E-state index >= 15 is 0 Å². The highest BCUT2D eigenvalue weighted by molar-refractivity contribution is 7.12. The van der Waals surface area contributed by atoms with Gasteiger partial charge in [-0.25, -0.2) is 0 Å². The van der Waals surface area contributed by atoms with Gasteiger partial charge in [-0.3, -0.25) is 4.79 Å². The lowest BCUT2D eigenvalue weighted by molar-refractivity contribution is 0.100. The predicted molar refractivity (Wildman–Crippen MR) is 73.1 cm³/mol. The van der Waals surface area contributed by atoms with Gasteiger partial charge in [0.2, 0.25) is 0 Å². The summed E-state index contributed by atoms with van der Waals surface area (Å²) >= 11 is 1.46. The van der Waals surface area contributed by atoms with E-state index in [1.807, 2.05) is 41.6 Å². The van der Waals surface area contributed by atoms with Crippen molar-refractivity contribution in [3.05, 3.63) is 52.2 Å². The van der Waals surface area contributed by atoms with E-state index in [2.05, 4.69) is 6.07 Å². The Kier molecular flexibility index (Phi) is 3.75. The molecule has 0 spiro atoms. The lowest BCUT2D eigenvalue weighted by atomic mass is 10.2. The molecule has 0 fully saturated rings. The largest absolute Gasteiger partial charge is 0.367 e. The number of likely N-dealkylation sites (N-methyl/N-ethyl adjacent to an activating group) is 1. The van der Waals surface area contributed by atoms with Crippen LogP contribution < -0.4 is 4.90 Å². The molecule has 0 bridgehead atoms. The Balaban J connectivity index is 2.05. The van der Waals surface area contributed by atoms with Crippen molar-refractivity contribution in [2.75, 3.05) is 18.5 Å². The molecule has 0 N–H and O–H groups in total. The number of nitriles is 1. The number of hydrogen-bond acceptors (Lipinski definition) is 4. The van der Waals surface area contributed by atoms with Gasteiger partial charge in [-0.1, -0.05) is 6.07 Å². The van der Waals surface area contributed by atoms with Gasteiger partial charge in [0.25, 0.3) is 0 Å². The van der Waals surface area contributed by atoms with E-state index in [-0.39, 0.29) is 5.78 Å². The maximum Gasteiger partial charge on any atom is 0.191 e. The zero-order valence-corrected chi connectivity index (χ0v) is 10.8. The third kappa shape index (κ3) is 2.76. The number of ketones is 1. The number of hydrogen-bond donors (Lipinski definition) is 0. The molecule has 2 aromatic rings. The number of nitrogens with zero attached hydrogens (tertiary/aromatic N) is 2. The van der Waals surface area contributed by atoms with Crippen LogP contribution in [0.2, 0.25) is 0 Å². The Labute approximate surface area is 110 Å². The van der Waals surface area contributed by atoms with Crippen LogP contribution in [0.1, 0.15) is 15.2 Å². The summed E-state index contributed by atoms with van der Waals surface area (Å²) < 4.78 is 0. The molecule has 0 saturated heterocycles. The first-order chi connectivity index (χ1) is 8.70. The zero-order chi connectivity index (χ0) is 13.0. The van der Waals surface area contributed by atoms with Gasteiger partial charge in [0.15, 0.2) is 5.78 Å². The topological polar surface area (TPSA) is 44.1 Å². The fraction of sp³-hybridized carbons (Fsp3) is 0.143. The monoisotopic (exact) mass is 256 g/mol. The van der Waals surface area contributed by atoms with Gasteiger partial charge in [0.05, 0.1) is 23.1 Å². The van der Waals surface area contributed by atoms with Crippen LogP contribution in [0.4, 0.5) is 5.69 Å². The van der Waals surface area contributed by atoms with Crippen molar-refractivity contribution in [3.63, 3.8) is 0 Å². The fourth-order valence-electron chi connectivity index (χ4n) is 1.61. The number of anilines is 1. The molecule has 0 atom stereocenters. The summed E-state index contributed by atoms with van der Waals surface area (Å²) in [5.74, 6) is 0.108. The maximum atomic E-state index is 11.9. The SMILES string of the molecule is CN(CC(=O)c1cccs1)c1ccc(C#N)cc1. The zero-order valence-electron chi connectivity index (χ0n) is 9.96. The molecular weight excluding hydrogens is 244 g/mol. The maximum absolute atomic E-state index is 11.9. The first-order valence-electron chi connectivity index (χ1n) is 5.48. The Morgan fingerprint density at radius 1 is 1.33 bits per heavy atom. The highest BCUT2D eigenvalue weighted by atomic mass is 32.1. The summed E-state index contributed by atoms with van der Waals surface area (Å²) in [5.41, 5.74) is 1.55. The van der Waals surface area contributed by atoms with Crippen LogP contribution in [0.15, 0.2) is 41.8 Å². The smallest absolute Gasteiger partial charge is 0.191 e. The molecule has 4 heteroatoms. The van der Waals surface area contributed by atoms with Gasteiger partial charge in [0.1, 0.15) is 0 Å². The first kappa shape index (κ1) is 12.3. The number of Topliss-reactive ketones (excluding diaryl/α,β-unsaturated/α-hetero) is 1. The first-order valence-corrected chi connectivity index (χ1v) is 6.36. The van der Waals surface area contributed by atoms with Gasteiger partial charge in [0, 0.05) is 12.7 Å². The average Bonchev–Trinajstić information content (AvgIpc) is 2.92. The van der Waals surface area contributed by atoms with E-state index in [9.17, 15) is 4.79 Å². The van der Waals surface area contributed by atoms with Crippen molar-refractivity contribution in [1.29, 1.82) is 5.26 Å².